The number of carboxylic acid groups (broad SMARTS) is 1. The van der Waals surface area contributed by atoms with E-state index in [-0.39, 0.29) is 5.57 Å². The molecule has 1 rings (SSSR count). The summed E-state index contributed by atoms with van der Waals surface area (Å²) in [5, 5.41) is 11.6. The molecule has 0 spiro atoms. The van der Waals surface area contributed by atoms with Crippen molar-refractivity contribution in [1.82, 2.24) is 5.32 Å². The predicted octanol–water partition coefficient (Wildman–Crippen LogP) is 3.61. The highest BCUT2D eigenvalue weighted by Crippen LogP contribution is 2.26. The number of rotatable bonds is 6. The third kappa shape index (κ3) is 5.63. The van der Waals surface area contributed by atoms with Crippen LogP contribution in [0.1, 0.15) is 12.8 Å². The monoisotopic (exact) mass is 361 g/mol. The molecule has 5 nitrogen and oxygen atoms in total. The van der Waals surface area contributed by atoms with Crippen molar-refractivity contribution in [3.63, 3.8) is 0 Å². The zero-order valence-corrected chi connectivity index (χ0v) is 12.8. The van der Waals surface area contributed by atoms with Crippen LogP contribution in [0.2, 0.25) is 5.02 Å². The molecule has 0 fully saturated rings. The lowest BCUT2D eigenvalue weighted by Gasteiger charge is -2.07. The zero-order chi connectivity index (χ0) is 15.1. The predicted molar refractivity (Wildman–Crippen MR) is 79.2 cm³/mol. The Morgan fingerprint density at radius 3 is 2.75 bits per heavy atom. The van der Waals surface area contributed by atoms with E-state index in [1.165, 1.54) is 6.07 Å². The van der Waals surface area contributed by atoms with Gasteiger partial charge in [0.1, 0.15) is 5.75 Å². The normalized spacial score (nSPS) is 9.90. The van der Waals surface area contributed by atoms with Gasteiger partial charge < -0.3 is 15.2 Å². The van der Waals surface area contributed by atoms with Gasteiger partial charge in [0, 0.05) is 22.7 Å². The van der Waals surface area contributed by atoms with E-state index in [0.29, 0.717) is 34.6 Å². The van der Waals surface area contributed by atoms with Crippen molar-refractivity contribution in [2.75, 3.05) is 6.54 Å². The highest BCUT2D eigenvalue weighted by Gasteiger charge is 2.07. The fraction of sp³-hybridized carbons (Fsp3) is 0.231. The van der Waals surface area contributed by atoms with Crippen LogP contribution in [0.3, 0.4) is 0 Å². The summed E-state index contributed by atoms with van der Waals surface area (Å²) in [6.45, 7) is 3.69. The number of benzene rings is 1. The molecule has 0 aromatic heterocycles. The molecular formula is C13H13BrClNO4. The van der Waals surface area contributed by atoms with Gasteiger partial charge in [0.15, 0.2) is 0 Å². The third-order valence-electron chi connectivity index (χ3n) is 2.33. The third-order valence-corrected chi connectivity index (χ3v) is 3.56. The first-order chi connectivity index (χ1) is 9.40. The van der Waals surface area contributed by atoms with E-state index in [1.807, 2.05) is 0 Å². The van der Waals surface area contributed by atoms with Crippen molar-refractivity contribution in [2.45, 2.75) is 12.8 Å². The molecule has 0 saturated heterocycles. The Morgan fingerprint density at radius 1 is 1.45 bits per heavy atom. The molecule has 0 aliphatic carbocycles. The summed E-state index contributed by atoms with van der Waals surface area (Å²) in [6, 6.07) is 4.78. The Labute approximate surface area is 129 Å². The first kappa shape index (κ1) is 16.5. The van der Waals surface area contributed by atoms with Crippen LogP contribution in [-0.4, -0.2) is 23.7 Å². The highest BCUT2D eigenvalue weighted by molar-refractivity contribution is 9.10. The molecule has 0 bridgehead atoms. The van der Waals surface area contributed by atoms with Crippen LogP contribution >= 0.6 is 27.5 Å². The lowest BCUT2D eigenvalue weighted by molar-refractivity contribution is -0.132. The van der Waals surface area contributed by atoms with E-state index in [4.69, 9.17) is 21.4 Å². The maximum Gasteiger partial charge on any atom is 0.412 e. The van der Waals surface area contributed by atoms with Crippen molar-refractivity contribution < 1.29 is 19.4 Å². The fourth-order valence-electron chi connectivity index (χ4n) is 1.28. The van der Waals surface area contributed by atoms with Crippen LogP contribution in [0.15, 0.2) is 34.8 Å². The van der Waals surface area contributed by atoms with Gasteiger partial charge in [-0.15, -0.1) is 0 Å². The van der Waals surface area contributed by atoms with Gasteiger partial charge in [0.2, 0.25) is 0 Å². The number of carboxylic acids is 1. The molecule has 1 amide bonds. The Balaban J connectivity index is 2.31. The number of ether oxygens (including phenoxy) is 1. The van der Waals surface area contributed by atoms with Gasteiger partial charge in [0.25, 0.3) is 0 Å². The van der Waals surface area contributed by atoms with E-state index in [1.54, 1.807) is 12.1 Å². The summed E-state index contributed by atoms with van der Waals surface area (Å²) >= 11 is 9.09. The van der Waals surface area contributed by atoms with Gasteiger partial charge in [-0.2, -0.15) is 0 Å². The fourth-order valence-corrected chi connectivity index (χ4v) is 1.70. The molecule has 0 atom stereocenters. The van der Waals surface area contributed by atoms with E-state index < -0.39 is 12.1 Å². The molecule has 1 aromatic carbocycles. The van der Waals surface area contributed by atoms with Crippen molar-refractivity contribution in [2.24, 2.45) is 0 Å². The molecule has 0 heterocycles. The Morgan fingerprint density at radius 2 is 2.15 bits per heavy atom. The number of hydrogen-bond acceptors (Lipinski definition) is 3. The topological polar surface area (TPSA) is 75.6 Å². The maximum atomic E-state index is 11.5. The lowest BCUT2D eigenvalue weighted by Crippen LogP contribution is -2.27. The van der Waals surface area contributed by atoms with E-state index >= 15 is 0 Å². The van der Waals surface area contributed by atoms with Crippen molar-refractivity contribution in [1.29, 1.82) is 0 Å². The summed E-state index contributed by atoms with van der Waals surface area (Å²) in [4.78, 5) is 22.0. The number of amides is 1. The van der Waals surface area contributed by atoms with E-state index in [9.17, 15) is 9.59 Å². The zero-order valence-electron chi connectivity index (χ0n) is 10.5. The standard InChI is InChI=1S/C13H13BrClNO4/c1-8(12(17)18)3-2-6-16-13(19)20-9-4-5-10(14)11(15)7-9/h4-5,7H,1-3,6H2,(H,16,19)(H,17,18). The SMILES string of the molecule is C=C(CCCNC(=O)Oc1ccc(Br)c(Cl)c1)C(=O)O. The van der Waals surface area contributed by atoms with Crippen molar-refractivity contribution in [3.05, 3.63) is 39.8 Å². The van der Waals surface area contributed by atoms with Gasteiger partial charge >= 0.3 is 12.1 Å². The number of nitrogens with one attached hydrogen (secondary N) is 1. The highest BCUT2D eigenvalue weighted by atomic mass is 79.9. The molecule has 0 aliphatic rings. The summed E-state index contributed by atoms with van der Waals surface area (Å²) < 4.78 is 5.72. The van der Waals surface area contributed by atoms with Crippen molar-refractivity contribution >= 4 is 39.6 Å². The number of aliphatic carboxylic acids is 1. The first-order valence-corrected chi connectivity index (χ1v) is 6.89. The molecule has 108 valence electrons. The number of carbonyl (C=O) groups excluding carboxylic acids is 1. The second kappa shape index (κ2) is 7.91. The molecule has 20 heavy (non-hydrogen) atoms. The second-order valence-electron chi connectivity index (χ2n) is 3.90. The molecule has 0 radical (unpaired) electrons. The quantitative estimate of drug-likeness (QED) is 0.599. The Hall–Kier alpha value is -1.53. The minimum Gasteiger partial charge on any atom is -0.478 e. The summed E-state index contributed by atoms with van der Waals surface area (Å²) in [6.07, 6.45) is 0.158. The molecule has 0 unspecified atom stereocenters. The Kier molecular flexibility index (Phi) is 6.54. The minimum absolute atomic E-state index is 0.111. The van der Waals surface area contributed by atoms with Crippen LogP contribution in [-0.2, 0) is 4.79 Å². The molecule has 0 aliphatic heterocycles. The largest absolute Gasteiger partial charge is 0.478 e. The molecule has 2 N–H and O–H groups in total. The minimum atomic E-state index is -1.03. The molecule has 1 aromatic rings. The van der Waals surface area contributed by atoms with E-state index in [2.05, 4.69) is 27.8 Å². The Bertz CT molecular complexity index is 533. The van der Waals surface area contributed by atoms with Gasteiger partial charge in [-0.05, 0) is 40.9 Å². The van der Waals surface area contributed by atoms with Gasteiger partial charge in [-0.25, -0.2) is 9.59 Å². The molecular weight excluding hydrogens is 350 g/mol. The number of hydrogen-bond donors (Lipinski definition) is 2. The van der Waals surface area contributed by atoms with E-state index in [0.717, 1.165) is 0 Å². The van der Waals surface area contributed by atoms with Gasteiger partial charge in [0.05, 0.1) is 5.02 Å². The van der Waals surface area contributed by atoms with Crippen LogP contribution in [0.4, 0.5) is 4.79 Å². The second-order valence-corrected chi connectivity index (χ2v) is 5.17. The summed E-state index contributed by atoms with van der Waals surface area (Å²) in [5.41, 5.74) is 0.111. The molecule has 0 saturated carbocycles. The molecule has 7 heteroatoms. The lowest BCUT2D eigenvalue weighted by atomic mass is 10.2. The van der Waals surface area contributed by atoms with Crippen LogP contribution < -0.4 is 10.1 Å². The van der Waals surface area contributed by atoms with Crippen LogP contribution in [0, 0.1) is 0 Å². The summed E-state index contributed by atoms with van der Waals surface area (Å²) in [5.74, 6) is -0.706. The van der Waals surface area contributed by atoms with Gasteiger partial charge in [-0.1, -0.05) is 18.2 Å². The smallest absolute Gasteiger partial charge is 0.412 e. The van der Waals surface area contributed by atoms with Crippen LogP contribution in [0.5, 0.6) is 5.75 Å². The maximum absolute atomic E-state index is 11.5. The average Bonchev–Trinajstić information content (AvgIpc) is 2.38. The number of carbonyl (C=O) groups is 2. The number of halogens is 2. The average molecular weight is 363 g/mol. The first-order valence-electron chi connectivity index (χ1n) is 5.72. The summed E-state index contributed by atoms with van der Waals surface area (Å²) in [7, 11) is 0. The van der Waals surface area contributed by atoms with Crippen LogP contribution in [0.25, 0.3) is 0 Å². The van der Waals surface area contributed by atoms with Gasteiger partial charge in [-0.3, -0.25) is 0 Å². The van der Waals surface area contributed by atoms with Crippen molar-refractivity contribution in [3.8, 4) is 5.75 Å².